The number of nitrogens with zero attached hydrogens (tertiary/aromatic N) is 2. The highest BCUT2D eigenvalue weighted by Crippen LogP contribution is 2.22. The van der Waals surface area contributed by atoms with Crippen molar-refractivity contribution in [2.24, 2.45) is 0 Å². The first-order valence-corrected chi connectivity index (χ1v) is 5.28. The van der Waals surface area contributed by atoms with E-state index in [-0.39, 0.29) is 12.4 Å². The average Bonchev–Trinajstić information content (AvgIpc) is 2.18. The Morgan fingerprint density at radius 3 is 2.20 bits per heavy atom. The van der Waals surface area contributed by atoms with Gasteiger partial charge in [0.25, 0.3) is 0 Å². The number of nitrogens with one attached hydrogen (secondary N) is 1. The van der Waals surface area contributed by atoms with E-state index in [2.05, 4.69) is 15.3 Å². The molecule has 1 aromatic rings. The van der Waals surface area contributed by atoms with Gasteiger partial charge in [-0.15, -0.1) is 12.4 Å². The molecule has 0 bridgehead atoms. The van der Waals surface area contributed by atoms with Gasteiger partial charge in [-0.1, -0.05) is 0 Å². The first-order chi connectivity index (χ1) is 6.75. The lowest BCUT2D eigenvalue weighted by atomic mass is 9.97. The Kier molecular flexibility index (Phi) is 4.48. The molecule has 4 heteroatoms. The molecule has 15 heavy (non-hydrogen) atoms. The number of hydrogen-bond acceptors (Lipinski definition) is 3. The van der Waals surface area contributed by atoms with Gasteiger partial charge in [0.2, 0.25) is 0 Å². The summed E-state index contributed by atoms with van der Waals surface area (Å²) in [5.41, 5.74) is 2.18. The minimum Gasteiger partial charge on any atom is -0.317 e. The average molecular weight is 228 g/mol. The van der Waals surface area contributed by atoms with Crippen LogP contribution in [0.3, 0.4) is 0 Å². The van der Waals surface area contributed by atoms with Crippen LogP contribution in [0.15, 0.2) is 6.07 Å². The van der Waals surface area contributed by atoms with Crippen LogP contribution in [0.1, 0.15) is 36.0 Å². The monoisotopic (exact) mass is 227 g/mol. The van der Waals surface area contributed by atoms with E-state index in [1.165, 1.54) is 12.8 Å². The van der Waals surface area contributed by atoms with Gasteiger partial charge in [-0.25, -0.2) is 9.97 Å². The molecule has 0 unspecified atom stereocenters. The van der Waals surface area contributed by atoms with Crippen LogP contribution in [-0.2, 0) is 0 Å². The zero-order chi connectivity index (χ0) is 9.97. The molecule has 1 N–H and O–H groups in total. The van der Waals surface area contributed by atoms with Crippen LogP contribution >= 0.6 is 12.4 Å². The van der Waals surface area contributed by atoms with Crippen LogP contribution in [0.2, 0.25) is 0 Å². The minimum absolute atomic E-state index is 0. The molecule has 2 heterocycles. The molecule has 0 aliphatic carbocycles. The second kappa shape index (κ2) is 5.42. The SMILES string of the molecule is Cc1cc(C)nc(C2CCNCC2)n1.Cl. The lowest BCUT2D eigenvalue weighted by Crippen LogP contribution is -2.27. The Balaban J connectivity index is 0.00000112. The quantitative estimate of drug-likeness (QED) is 0.798. The second-order valence-electron chi connectivity index (χ2n) is 4.03. The molecule has 1 fully saturated rings. The number of halogens is 1. The summed E-state index contributed by atoms with van der Waals surface area (Å²) in [6.45, 7) is 6.28. The van der Waals surface area contributed by atoms with Crippen molar-refractivity contribution in [3.63, 3.8) is 0 Å². The molecule has 1 aliphatic heterocycles. The van der Waals surface area contributed by atoms with Crippen LogP contribution in [0.5, 0.6) is 0 Å². The largest absolute Gasteiger partial charge is 0.317 e. The van der Waals surface area contributed by atoms with E-state index in [0.717, 1.165) is 30.3 Å². The minimum atomic E-state index is 0. The van der Waals surface area contributed by atoms with E-state index in [9.17, 15) is 0 Å². The van der Waals surface area contributed by atoms with Crippen LogP contribution in [-0.4, -0.2) is 23.1 Å². The molecule has 1 aliphatic rings. The number of rotatable bonds is 1. The van der Waals surface area contributed by atoms with E-state index in [1.807, 2.05) is 19.9 Å². The highest BCUT2D eigenvalue weighted by molar-refractivity contribution is 5.85. The van der Waals surface area contributed by atoms with Crippen molar-refractivity contribution in [2.45, 2.75) is 32.6 Å². The molecular weight excluding hydrogens is 210 g/mol. The highest BCUT2D eigenvalue weighted by atomic mass is 35.5. The lowest BCUT2D eigenvalue weighted by molar-refractivity contribution is 0.443. The highest BCUT2D eigenvalue weighted by Gasteiger charge is 2.17. The second-order valence-corrected chi connectivity index (χ2v) is 4.03. The van der Waals surface area contributed by atoms with Crippen molar-refractivity contribution in [2.75, 3.05) is 13.1 Å². The summed E-state index contributed by atoms with van der Waals surface area (Å²) in [7, 11) is 0. The third-order valence-electron chi connectivity index (χ3n) is 2.70. The van der Waals surface area contributed by atoms with Gasteiger partial charge < -0.3 is 5.32 Å². The van der Waals surface area contributed by atoms with Crippen LogP contribution in [0.25, 0.3) is 0 Å². The third-order valence-corrected chi connectivity index (χ3v) is 2.70. The molecule has 84 valence electrons. The molecule has 0 amide bonds. The van der Waals surface area contributed by atoms with Crippen molar-refractivity contribution in [3.05, 3.63) is 23.3 Å². The molecule has 1 aromatic heterocycles. The summed E-state index contributed by atoms with van der Waals surface area (Å²) in [5.74, 6) is 1.61. The van der Waals surface area contributed by atoms with Crippen molar-refractivity contribution in [3.8, 4) is 0 Å². The number of hydrogen-bond donors (Lipinski definition) is 1. The smallest absolute Gasteiger partial charge is 0.132 e. The molecule has 0 radical (unpaired) electrons. The normalized spacial score (nSPS) is 17.2. The van der Waals surface area contributed by atoms with E-state index in [1.54, 1.807) is 0 Å². The maximum Gasteiger partial charge on any atom is 0.132 e. The van der Waals surface area contributed by atoms with E-state index >= 15 is 0 Å². The summed E-state index contributed by atoms with van der Waals surface area (Å²) in [4.78, 5) is 9.04. The predicted molar refractivity (Wildman–Crippen MR) is 63.6 cm³/mol. The molecule has 0 saturated carbocycles. The summed E-state index contributed by atoms with van der Waals surface area (Å²) in [5, 5.41) is 3.36. The Hall–Kier alpha value is -0.670. The van der Waals surface area contributed by atoms with Gasteiger partial charge in [0.15, 0.2) is 0 Å². The van der Waals surface area contributed by atoms with Crippen molar-refractivity contribution >= 4 is 12.4 Å². The number of aromatic nitrogens is 2. The maximum atomic E-state index is 4.52. The fourth-order valence-corrected chi connectivity index (χ4v) is 2.02. The van der Waals surface area contributed by atoms with Gasteiger partial charge in [0.1, 0.15) is 5.82 Å². The fourth-order valence-electron chi connectivity index (χ4n) is 2.02. The topological polar surface area (TPSA) is 37.8 Å². The van der Waals surface area contributed by atoms with E-state index in [4.69, 9.17) is 0 Å². The van der Waals surface area contributed by atoms with Gasteiger partial charge in [0.05, 0.1) is 0 Å². The lowest BCUT2D eigenvalue weighted by Gasteiger charge is -2.21. The van der Waals surface area contributed by atoms with Crippen LogP contribution in [0, 0.1) is 13.8 Å². The first kappa shape index (κ1) is 12.4. The molecular formula is C11H18ClN3. The van der Waals surface area contributed by atoms with Crippen molar-refractivity contribution in [1.29, 1.82) is 0 Å². The molecule has 2 rings (SSSR count). The van der Waals surface area contributed by atoms with Gasteiger partial charge in [-0.2, -0.15) is 0 Å². The fraction of sp³-hybridized carbons (Fsp3) is 0.636. The maximum absolute atomic E-state index is 4.52. The zero-order valence-corrected chi connectivity index (χ0v) is 10.1. The summed E-state index contributed by atoms with van der Waals surface area (Å²) in [6.07, 6.45) is 2.34. The Morgan fingerprint density at radius 1 is 1.13 bits per heavy atom. The summed E-state index contributed by atoms with van der Waals surface area (Å²) >= 11 is 0. The van der Waals surface area contributed by atoms with Gasteiger partial charge in [-0.05, 0) is 45.8 Å². The molecule has 0 spiro atoms. The zero-order valence-electron chi connectivity index (χ0n) is 9.29. The van der Waals surface area contributed by atoms with Gasteiger partial charge in [0, 0.05) is 17.3 Å². The summed E-state index contributed by atoms with van der Waals surface area (Å²) in [6, 6.07) is 2.03. The predicted octanol–water partition coefficient (Wildman–Crippen LogP) is 1.98. The van der Waals surface area contributed by atoms with Crippen LogP contribution < -0.4 is 5.32 Å². The number of piperidine rings is 1. The van der Waals surface area contributed by atoms with E-state index < -0.39 is 0 Å². The Labute approximate surface area is 97.1 Å². The Bertz CT molecular complexity index is 301. The molecule has 0 aromatic carbocycles. The molecule has 1 saturated heterocycles. The molecule has 3 nitrogen and oxygen atoms in total. The molecule has 0 atom stereocenters. The van der Waals surface area contributed by atoms with Crippen molar-refractivity contribution < 1.29 is 0 Å². The van der Waals surface area contributed by atoms with Crippen LogP contribution in [0.4, 0.5) is 0 Å². The van der Waals surface area contributed by atoms with Gasteiger partial charge in [-0.3, -0.25) is 0 Å². The Morgan fingerprint density at radius 2 is 1.67 bits per heavy atom. The standard InChI is InChI=1S/C11H17N3.ClH/c1-8-7-9(2)14-11(13-8)10-3-5-12-6-4-10;/h7,10,12H,3-6H2,1-2H3;1H. The van der Waals surface area contributed by atoms with Gasteiger partial charge >= 0.3 is 0 Å². The number of aryl methyl sites for hydroxylation is 2. The van der Waals surface area contributed by atoms with Crippen molar-refractivity contribution in [1.82, 2.24) is 15.3 Å². The summed E-state index contributed by atoms with van der Waals surface area (Å²) < 4.78 is 0. The third kappa shape index (κ3) is 3.14. The van der Waals surface area contributed by atoms with E-state index in [0.29, 0.717) is 5.92 Å². The first-order valence-electron chi connectivity index (χ1n) is 5.28.